The van der Waals surface area contributed by atoms with Crippen LogP contribution in [0, 0.1) is 0 Å². The molecule has 0 aliphatic heterocycles. The van der Waals surface area contributed by atoms with Crippen LogP contribution in [0.25, 0.3) is 16.2 Å². The van der Waals surface area contributed by atoms with Crippen molar-refractivity contribution in [2.45, 2.75) is 0 Å². The number of carbonyl (C=O) groups excluding carboxylic acids is 1. The molecule has 118 valence electrons. The number of nitrogens with one attached hydrogen (secondary N) is 1. The molecule has 0 radical (unpaired) electrons. The second-order valence-corrected chi connectivity index (χ2v) is 6.50. The average molecular weight is 354 g/mol. The Kier molecular flexibility index (Phi) is 3.80. The molecule has 0 bridgehead atoms. The molecule has 0 aliphatic carbocycles. The Balaban J connectivity index is 1.76. The summed E-state index contributed by atoms with van der Waals surface area (Å²) in [5.74, 6) is 0.467. The van der Waals surface area contributed by atoms with Gasteiger partial charge in [0.05, 0.1) is 0 Å². The van der Waals surface area contributed by atoms with Gasteiger partial charge in [-0.25, -0.2) is 4.98 Å². The zero-order valence-corrected chi connectivity index (χ0v) is 14.0. The zero-order chi connectivity index (χ0) is 16.5. The fourth-order valence-electron chi connectivity index (χ4n) is 2.48. The van der Waals surface area contributed by atoms with Crippen molar-refractivity contribution in [3.8, 4) is 11.3 Å². The van der Waals surface area contributed by atoms with Crippen LogP contribution < -0.4 is 5.32 Å². The highest BCUT2D eigenvalue weighted by molar-refractivity contribution is 7.15. The van der Waals surface area contributed by atoms with Crippen LogP contribution >= 0.6 is 22.9 Å². The maximum Gasteiger partial charge on any atom is 0.256 e. The SMILES string of the molecule is O=C(Nc1c(-c2ccccc2)nc2sccn12)c1ccc(Cl)cc1. The Morgan fingerprint density at radius 2 is 1.83 bits per heavy atom. The molecular weight excluding hydrogens is 342 g/mol. The van der Waals surface area contributed by atoms with Gasteiger partial charge in [0.15, 0.2) is 4.96 Å². The molecule has 6 heteroatoms. The second-order valence-electron chi connectivity index (χ2n) is 5.19. The van der Waals surface area contributed by atoms with E-state index in [4.69, 9.17) is 11.6 Å². The summed E-state index contributed by atoms with van der Waals surface area (Å²) in [6.45, 7) is 0. The van der Waals surface area contributed by atoms with E-state index in [1.54, 1.807) is 24.3 Å². The quantitative estimate of drug-likeness (QED) is 0.565. The van der Waals surface area contributed by atoms with E-state index in [0.717, 1.165) is 16.2 Å². The predicted octanol–water partition coefficient (Wildman–Crippen LogP) is 4.97. The van der Waals surface area contributed by atoms with Crippen molar-refractivity contribution in [3.63, 3.8) is 0 Å². The number of imidazole rings is 1. The third-order valence-corrected chi connectivity index (χ3v) is 4.66. The molecule has 2 aromatic heterocycles. The van der Waals surface area contributed by atoms with Crippen LogP contribution in [0.1, 0.15) is 10.4 Å². The van der Waals surface area contributed by atoms with Crippen molar-refractivity contribution < 1.29 is 4.79 Å². The Morgan fingerprint density at radius 3 is 2.58 bits per heavy atom. The van der Waals surface area contributed by atoms with Crippen molar-refractivity contribution >= 4 is 39.6 Å². The van der Waals surface area contributed by atoms with Crippen LogP contribution in [-0.4, -0.2) is 15.3 Å². The Hall–Kier alpha value is -2.63. The van der Waals surface area contributed by atoms with E-state index in [1.807, 2.05) is 46.3 Å². The predicted molar refractivity (Wildman–Crippen MR) is 97.9 cm³/mol. The summed E-state index contributed by atoms with van der Waals surface area (Å²) in [6.07, 6.45) is 1.90. The number of benzene rings is 2. The molecule has 1 amide bonds. The number of aromatic nitrogens is 2. The molecule has 2 aromatic carbocycles. The molecule has 24 heavy (non-hydrogen) atoms. The van der Waals surface area contributed by atoms with E-state index >= 15 is 0 Å². The third kappa shape index (κ3) is 2.68. The van der Waals surface area contributed by atoms with Gasteiger partial charge < -0.3 is 5.32 Å². The first-order chi connectivity index (χ1) is 11.7. The third-order valence-electron chi connectivity index (χ3n) is 3.65. The van der Waals surface area contributed by atoms with Gasteiger partial charge in [-0.1, -0.05) is 41.9 Å². The normalized spacial score (nSPS) is 10.9. The monoisotopic (exact) mass is 353 g/mol. The van der Waals surface area contributed by atoms with Crippen molar-refractivity contribution in [1.29, 1.82) is 0 Å². The van der Waals surface area contributed by atoms with E-state index < -0.39 is 0 Å². The van der Waals surface area contributed by atoms with Gasteiger partial charge in [0, 0.05) is 27.7 Å². The number of hydrogen-bond donors (Lipinski definition) is 1. The van der Waals surface area contributed by atoms with E-state index in [9.17, 15) is 4.79 Å². The highest BCUT2D eigenvalue weighted by Crippen LogP contribution is 2.30. The summed E-state index contributed by atoms with van der Waals surface area (Å²) in [6, 6.07) is 16.6. The molecule has 4 nitrogen and oxygen atoms in total. The number of thiazole rings is 1. The van der Waals surface area contributed by atoms with E-state index in [1.165, 1.54) is 11.3 Å². The molecule has 0 spiro atoms. The number of rotatable bonds is 3. The van der Waals surface area contributed by atoms with Crippen LogP contribution in [-0.2, 0) is 0 Å². The first kappa shape index (κ1) is 14.9. The number of anilines is 1. The summed E-state index contributed by atoms with van der Waals surface area (Å²) in [4.78, 5) is 18.1. The fraction of sp³-hybridized carbons (Fsp3) is 0. The van der Waals surface area contributed by atoms with Crippen LogP contribution in [0.15, 0.2) is 66.2 Å². The lowest BCUT2D eigenvalue weighted by Gasteiger charge is -2.07. The highest BCUT2D eigenvalue weighted by Gasteiger charge is 2.17. The molecule has 0 unspecified atom stereocenters. The largest absolute Gasteiger partial charge is 0.306 e. The summed E-state index contributed by atoms with van der Waals surface area (Å²) in [5, 5.41) is 5.52. The first-order valence-corrected chi connectivity index (χ1v) is 8.56. The van der Waals surface area contributed by atoms with Crippen LogP contribution in [0.4, 0.5) is 5.82 Å². The van der Waals surface area contributed by atoms with Gasteiger partial charge >= 0.3 is 0 Å². The summed E-state index contributed by atoms with van der Waals surface area (Å²) >= 11 is 7.41. The standard InChI is InChI=1S/C18H12ClN3OS/c19-14-8-6-13(7-9-14)17(23)21-16-15(12-4-2-1-3-5-12)20-18-22(16)10-11-24-18/h1-11H,(H,21,23). The van der Waals surface area contributed by atoms with Gasteiger partial charge in [-0.15, -0.1) is 11.3 Å². The molecule has 4 aromatic rings. The van der Waals surface area contributed by atoms with Crippen molar-refractivity contribution in [3.05, 3.63) is 76.8 Å². The van der Waals surface area contributed by atoms with Crippen LogP contribution in [0.5, 0.6) is 0 Å². The number of fused-ring (bicyclic) bond motifs is 1. The molecule has 0 atom stereocenters. The molecule has 0 saturated heterocycles. The average Bonchev–Trinajstić information content (AvgIpc) is 3.19. The Morgan fingerprint density at radius 1 is 1.08 bits per heavy atom. The van der Waals surface area contributed by atoms with Crippen molar-refractivity contribution in [2.75, 3.05) is 5.32 Å². The van der Waals surface area contributed by atoms with E-state index in [0.29, 0.717) is 16.4 Å². The molecule has 0 fully saturated rings. The Labute approximate surface area is 147 Å². The summed E-state index contributed by atoms with van der Waals surface area (Å²) < 4.78 is 1.89. The fourth-order valence-corrected chi connectivity index (χ4v) is 3.32. The van der Waals surface area contributed by atoms with E-state index in [-0.39, 0.29) is 5.91 Å². The topological polar surface area (TPSA) is 46.4 Å². The summed E-state index contributed by atoms with van der Waals surface area (Å²) in [5.41, 5.74) is 2.26. The van der Waals surface area contributed by atoms with Gasteiger partial charge in [-0.2, -0.15) is 0 Å². The molecule has 4 rings (SSSR count). The molecule has 2 heterocycles. The number of amides is 1. The number of carbonyl (C=O) groups is 1. The minimum absolute atomic E-state index is 0.197. The number of halogens is 1. The number of hydrogen-bond acceptors (Lipinski definition) is 3. The lowest BCUT2D eigenvalue weighted by Crippen LogP contribution is -2.13. The lowest BCUT2D eigenvalue weighted by atomic mass is 10.1. The maximum atomic E-state index is 12.6. The minimum atomic E-state index is -0.197. The minimum Gasteiger partial charge on any atom is -0.306 e. The van der Waals surface area contributed by atoms with Gasteiger partial charge in [0.1, 0.15) is 11.5 Å². The van der Waals surface area contributed by atoms with Gasteiger partial charge in [-0.05, 0) is 24.3 Å². The molecular formula is C18H12ClN3OS. The second kappa shape index (κ2) is 6.11. The number of nitrogens with zero attached hydrogens (tertiary/aromatic N) is 2. The van der Waals surface area contributed by atoms with E-state index in [2.05, 4.69) is 10.3 Å². The maximum absolute atomic E-state index is 12.6. The van der Waals surface area contributed by atoms with Crippen LogP contribution in [0.3, 0.4) is 0 Å². The van der Waals surface area contributed by atoms with Crippen molar-refractivity contribution in [2.24, 2.45) is 0 Å². The van der Waals surface area contributed by atoms with Gasteiger partial charge in [0.2, 0.25) is 0 Å². The van der Waals surface area contributed by atoms with Gasteiger partial charge in [-0.3, -0.25) is 9.20 Å². The van der Waals surface area contributed by atoms with Crippen LogP contribution in [0.2, 0.25) is 5.02 Å². The first-order valence-electron chi connectivity index (χ1n) is 7.30. The Bertz CT molecular complexity index is 1010. The zero-order valence-electron chi connectivity index (χ0n) is 12.4. The molecule has 0 aliphatic rings. The molecule has 0 saturated carbocycles. The summed E-state index contributed by atoms with van der Waals surface area (Å²) in [7, 11) is 0. The van der Waals surface area contributed by atoms with Crippen molar-refractivity contribution in [1.82, 2.24) is 9.38 Å². The smallest absolute Gasteiger partial charge is 0.256 e. The van der Waals surface area contributed by atoms with Gasteiger partial charge in [0.25, 0.3) is 5.91 Å². The highest BCUT2D eigenvalue weighted by atomic mass is 35.5. The molecule has 1 N–H and O–H groups in total. The lowest BCUT2D eigenvalue weighted by molar-refractivity contribution is 0.102.